The topological polar surface area (TPSA) is 75.1 Å². The van der Waals surface area contributed by atoms with Crippen LogP contribution in [0, 0.1) is 0 Å². The minimum Gasteiger partial charge on any atom is -0.351 e. The van der Waals surface area contributed by atoms with Crippen molar-refractivity contribution in [1.29, 1.82) is 0 Å². The van der Waals surface area contributed by atoms with Crippen molar-refractivity contribution in [2.45, 2.75) is 31.7 Å². The van der Waals surface area contributed by atoms with Crippen molar-refractivity contribution in [3.63, 3.8) is 0 Å². The monoisotopic (exact) mass is 292 g/mol. The molecule has 0 unspecified atom stereocenters. The molecule has 21 heavy (non-hydrogen) atoms. The summed E-state index contributed by atoms with van der Waals surface area (Å²) in [5, 5.41) is 14.1. The molecule has 2 saturated heterocycles. The second kappa shape index (κ2) is 7.00. The summed E-state index contributed by atoms with van der Waals surface area (Å²) in [6.07, 6.45) is 6.72. The summed E-state index contributed by atoms with van der Waals surface area (Å²) in [5.41, 5.74) is 0.417. The molecule has 1 aromatic heterocycles. The SMILES string of the molecule is O=C(NCCCN1CCCCC1)c1cn(C2CNC2)nn1. The van der Waals surface area contributed by atoms with Gasteiger partial charge in [0, 0.05) is 19.6 Å². The molecule has 0 bridgehead atoms. The van der Waals surface area contributed by atoms with Crippen LogP contribution in [0.15, 0.2) is 6.20 Å². The van der Waals surface area contributed by atoms with Gasteiger partial charge in [-0.15, -0.1) is 5.10 Å². The fourth-order valence-corrected chi connectivity index (χ4v) is 2.80. The predicted octanol–water partition coefficient (Wildman–Crippen LogP) is 0.0282. The molecule has 7 nitrogen and oxygen atoms in total. The minimum absolute atomic E-state index is 0.118. The van der Waals surface area contributed by atoms with Crippen LogP contribution in [0.25, 0.3) is 0 Å². The standard InChI is InChI=1S/C14H24N6O/c21-14(13-11-20(18-17-13)12-9-15-10-12)16-5-4-8-19-6-2-1-3-7-19/h11-12,15H,1-10H2,(H,16,21). The average Bonchev–Trinajstić information content (AvgIpc) is 2.92. The summed E-state index contributed by atoms with van der Waals surface area (Å²) in [4.78, 5) is 14.5. The highest BCUT2D eigenvalue weighted by molar-refractivity contribution is 5.91. The van der Waals surface area contributed by atoms with Crippen LogP contribution >= 0.6 is 0 Å². The van der Waals surface area contributed by atoms with Crippen LogP contribution in [0.1, 0.15) is 42.2 Å². The van der Waals surface area contributed by atoms with Gasteiger partial charge in [0.25, 0.3) is 5.91 Å². The summed E-state index contributed by atoms with van der Waals surface area (Å²) in [6, 6.07) is 0.346. The number of hydrogen-bond donors (Lipinski definition) is 2. The minimum atomic E-state index is -0.118. The number of rotatable bonds is 6. The van der Waals surface area contributed by atoms with Gasteiger partial charge in [-0.05, 0) is 38.9 Å². The molecule has 0 aromatic carbocycles. The van der Waals surface area contributed by atoms with Crippen molar-refractivity contribution in [2.24, 2.45) is 0 Å². The predicted molar refractivity (Wildman–Crippen MR) is 79.2 cm³/mol. The number of likely N-dealkylation sites (tertiary alicyclic amines) is 1. The van der Waals surface area contributed by atoms with Crippen LogP contribution in [0.2, 0.25) is 0 Å². The molecular weight excluding hydrogens is 268 g/mol. The maximum absolute atomic E-state index is 12.0. The Morgan fingerprint density at radius 3 is 2.86 bits per heavy atom. The summed E-state index contributed by atoms with van der Waals surface area (Å²) in [7, 11) is 0. The number of piperidine rings is 1. The fourth-order valence-electron chi connectivity index (χ4n) is 2.80. The van der Waals surface area contributed by atoms with Crippen molar-refractivity contribution in [3.8, 4) is 0 Å². The zero-order chi connectivity index (χ0) is 14.5. The Kier molecular flexibility index (Phi) is 4.82. The first-order valence-corrected chi connectivity index (χ1v) is 7.96. The molecule has 0 spiro atoms. The van der Waals surface area contributed by atoms with E-state index < -0.39 is 0 Å². The third-order valence-corrected chi connectivity index (χ3v) is 4.26. The molecule has 0 saturated carbocycles. The zero-order valence-corrected chi connectivity index (χ0v) is 12.4. The molecule has 116 valence electrons. The van der Waals surface area contributed by atoms with E-state index in [9.17, 15) is 4.79 Å². The Morgan fingerprint density at radius 1 is 1.33 bits per heavy atom. The molecule has 2 fully saturated rings. The second-order valence-corrected chi connectivity index (χ2v) is 5.91. The second-order valence-electron chi connectivity index (χ2n) is 5.91. The summed E-state index contributed by atoms with van der Waals surface area (Å²) < 4.78 is 1.78. The third-order valence-electron chi connectivity index (χ3n) is 4.26. The summed E-state index contributed by atoms with van der Waals surface area (Å²) in [6.45, 7) is 5.99. The Bertz CT molecular complexity index is 464. The number of carbonyl (C=O) groups is 1. The van der Waals surface area contributed by atoms with E-state index in [1.54, 1.807) is 10.9 Å². The number of aromatic nitrogens is 3. The van der Waals surface area contributed by atoms with Gasteiger partial charge in [-0.3, -0.25) is 4.79 Å². The van der Waals surface area contributed by atoms with Crippen LogP contribution in [0.5, 0.6) is 0 Å². The molecule has 2 aliphatic heterocycles. The molecule has 2 N–H and O–H groups in total. The molecule has 2 aliphatic rings. The van der Waals surface area contributed by atoms with Gasteiger partial charge in [-0.25, -0.2) is 4.68 Å². The van der Waals surface area contributed by atoms with Crippen molar-refractivity contribution in [2.75, 3.05) is 39.3 Å². The molecule has 3 rings (SSSR count). The Hall–Kier alpha value is -1.47. The zero-order valence-electron chi connectivity index (χ0n) is 12.4. The molecule has 7 heteroatoms. The summed E-state index contributed by atoms with van der Waals surface area (Å²) in [5.74, 6) is -0.118. The maximum atomic E-state index is 12.0. The van der Waals surface area contributed by atoms with Gasteiger partial charge >= 0.3 is 0 Å². The van der Waals surface area contributed by atoms with E-state index in [1.165, 1.54) is 32.4 Å². The highest BCUT2D eigenvalue weighted by atomic mass is 16.2. The smallest absolute Gasteiger partial charge is 0.273 e. The Labute approximate surface area is 125 Å². The van der Waals surface area contributed by atoms with Crippen LogP contribution in [-0.2, 0) is 0 Å². The normalized spacial score (nSPS) is 20.2. The third kappa shape index (κ3) is 3.79. The lowest BCUT2D eigenvalue weighted by Gasteiger charge is -2.26. The number of amides is 1. The van der Waals surface area contributed by atoms with Crippen LogP contribution in [0.4, 0.5) is 0 Å². The first kappa shape index (κ1) is 14.5. The Balaban J connectivity index is 1.36. The molecule has 1 aromatic rings. The van der Waals surface area contributed by atoms with Gasteiger partial charge in [0.15, 0.2) is 5.69 Å². The van der Waals surface area contributed by atoms with Crippen molar-refractivity contribution < 1.29 is 4.79 Å². The quantitative estimate of drug-likeness (QED) is 0.724. The molecule has 3 heterocycles. The van der Waals surface area contributed by atoms with Gasteiger partial charge in [-0.2, -0.15) is 0 Å². The van der Waals surface area contributed by atoms with Crippen LogP contribution in [-0.4, -0.2) is 65.1 Å². The fraction of sp³-hybridized carbons (Fsp3) is 0.786. The maximum Gasteiger partial charge on any atom is 0.273 e. The van der Waals surface area contributed by atoms with E-state index in [1.807, 2.05) is 0 Å². The first-order chi connectivity index (χ1) is 10.3. The molecule has 0 radical (unpaired) electrons. The lowest BCUT2D eigenvalue weighted by molar-refractivity contribution is 0.0946. The highest BCUT2D eigenvalue weighted by Gasteiger charge is 2.21. The van der Waals surface area contributed by atoms with E-state index in [4.69, 9.17) is 0 Å². The van der Waals surface area contributed by atoms with Crippen molar-refractivity contribution in [1.82, 2.24) is 30.5 Å². The van der Waals surface area contributed by atoms with Gasteiger partial charge in [-0.1, -0.05) is 11.6 Å². The van der Waals surface area contributed by atoms with Gasteiger partial charge < -0.3 is 15.5 Å². The molecular formula is C14H24N6O. The van der Waals surface area contributed by atoms with E-state index >= 15 is 0 Å². The summed E-state index contributed by atoms with van der Waals surface area (Å²) >= 11 is 0. The van der Waals surface area contributed by atoms with Crippen LogP contribution < -0.4 is 10.6 Å². The largest absolute Gasteiger partial charge is 0.351 e. The van der Waals surface area contributed by atoms with Crippen molar-refractivity contribution in [3.05, 3.63) is 11.9 Å². The number of hydrogen-bond acceptors (Lipinski definition) is 5. The van der Waals surface area contributed by atoms with Gasteiger partial charge in [0.2, 0.25) is 0 Å². The lowest BCUT2D eigenvalue weighted by atomic mass is 10.1. The van der Waals surface area contributed by atoms with E-state index in [2.05, 4.69) is 25.8 Å². The van der Waals surface area contributed by atoms with E-state index in [0.717, 1.165) is 26.1 Å². The molecule has 0 aliphatic carbocycles. The van der Waals surface area contributed by atoms with Crippen LogP contribution in [0.3, 0.4) is 0 Å². The van der Waals surface area contributed by atoms with Gasteiger partial charge in [0.1, 0.15) is 0 Å². The number of nitrogens with one attached hydrogen (secondary N) is 2. The average molecular weight is 292 g/mol. The molecule has 0 atom stereocenters. The van der Waals surface area contributed by atoms with Gasteiger partial charge in [0.05, 0.1) is 12.2 Å². The Morgan fingerprint density at radius 2 is 2.14 bits per heavy atom. The van der Waals surface area contributed by atoms with E-state index in [-0.39, 0.29) is 5.91 Å². The highest BCUT2D eigenvalue weighted by Crippen LogP contribution is 2.10. The first-order valence-electron chi connectivity index (χ1n) is 7.96. The number of carbonyl (C=O) groups excluding carboxylic acids is 1. The molecule has 1 amide bonds. The lowest BCUT2D eigenvalue weighted by Crippen LogP contribution is -2.43. The van der Waals surface area contributed by atoms with E-state index in [0.29, 0.717) is 18.3 Å². The van der Waals surface area contributed by atoms with Crippen molar-refractivity contribution >= 4 is 5.91 Å². The number of nitrogens with zero attached hydrogens (tertiary/aromatic N) is 4.